The molecule has 0 aromatic heterocycles. The summed E-state index contributed by atoms with van der Waals surface area (Å²) in [6, 6.07) is 15.1. The Hall–Kier alpha value is -1.71. The molecule has 2 aromatic carbocycles. The molecule has 1 aliphatic rings. The Labute approximate surface area is 142 Å². The molecule has 1 saturated heterocycles. The third-order valence-corrected chi connectivity index (χ3v) is 4.22. The van der Waals surface area contributed by atoms with Crippen LogP contribution in [0.2, 0.25) is 5.02 Å². The van der Waals surface area contributed by atoms with Gasteiger partial charge in [0.1, 0.15) is 5.75 Å². The number of ether oxygens (including phenoxy) is 2. The van der Waals surface area contributed by atoms with Crippen LogP contribution in [0.15, 0.2) is 48.5 Å². The van der Waals surface area contributed by atoms with Gasteiger partial charge in [-0.15, -0.1) is 0 Å². The molecule has 1 heterocycles. The molecule has 0 saturated carbocycles. The molecule has 1 fully saturated rings. The van der Waals surface area contributed by atoms with E-state index in [4.69, 9.17) is 21.1 Å². The first-order valence-electron chi connectivity index (χ1n) is 8.19. The smallest absolute Gasteiger partial charge is 0.169 e. The first-order valence-corrected chi connectivity index (χ1v) is 8.57. The summed E-state index contributed by atoms with van der Waals surface area (Å²) in [7, 11) is 0. The van der Waals surface area contributed by atoms with Gasteiger partial charge < -0.3 is 14.4 Å². The molecule has 122 valence electrons. The maximum Gasteiger partial charge on any atom is 0.169 e. The van der Waals surface area contributed by atoms with E-state index in [1.807, 2.05) is 48.5 Å². The highest BCUT2D eigenvalue weighted by atomic mass is 35.5. The van der Waals surface area contributed by atoms with E-state index in [0.29, 0.717) is 11.6 Å². The number of hydrogen-bond donors (Lipinski definition) is 0. The number of para-hydroxylation sites is 2. The molecule has 0 bridgehead atoms. The van der Waals surface area contributed by atoms with E-state index in [2.05, 4.69) is 4.90 Å². The van der Waals surface area contributed by atoms with E-state index in [-0.39, 0.29) is 0 Å². The Morgan fingerprint density at radius 1 is 0.913 bits per heavy atom. The summed E-state index contributed by atoms with van der Waals surface area (Å²) in [6.45, 7) is 4.28. The van der Waals surface area contributed by atoms with Crippen molar-refractivity contribution in [2.75, 3.05) is 26.2 Å². The normalized spacial score (nSPS) is 14.8. The van der Waals surface area contributed by atoms with E-state index in [9.17, 15) is 0 Å². The van der Waals surface area contributed by atoms with Gasteiger partial charge in [-0.1, -0.05) is 23.7 Å². The second-order valence-corrected chi connectivity index (χ2v) is 6.19. The maximum atomic E-state index is 5.92. The second kappa shape index (κ2) is 8.23. The Bertz CT molecular complexity index is 609. The van der Waals surface area contributed by atoms with Gasteiger partial charge in [0, 0.05) is 11.6 Å². The van der Waals surface area contributed by atoms with E-state index in [0.717, 1.165) is 30.2 Å². The van der Waals surface area contributed by atoms with Crippen LogP contribution in [0, 0.1) is 0 Å². The summed E-state index contributed by atoms with van der Waals surface area (Å²) < 4.78 is 11.8. The summed E-state index contributed by atoms with van der Waals surface area (Å²) in [6.07, 6.45) is 3.70. The molecular formula is C19H22ClNO2. The van der Waals surface area contributed by atoms with E-state index in [1.54, 1.807) is 0 Å². The monoisotopic (exact) mass is 331 g/mol. The number of benzene rings is 2. The Morgan fingerprint density at radius 2 is 1.61 bits per heavy atom. The minimum atomic E-state index is 0.698. The number of nitrogens with zero attached hydrogens (tertiary/aromatic N) is 1. The number of halogens is 1. The predicted octanol–water partition coefficient (Wildman–Crippen LogP) is 5.00. The molecule has 0 aliphatic carbocycles. The summed E-state index contributed by atoms with van der Waals surface area (Å²) in [5, 5.41) is 0.698. The third-order valence-electron chi connectivity index (χ3n) is 3.97. The molecule has 0 atom stereocenters. The molecule has 2 aromatic rings. The van der Waals surface area contributed by atoms with Crippen LogP contribution in [0.5, 0.6) is 17.2 Å². The van der Waals surface area contributed by atoms with Crippen LogP contribution in [0.4, 0.5) is 0 Å². The van der Waals surface area contributed by atoms with Gasteiger partial charge in [-0.25, -0.2) is 0 Å². The van der Waals surface area contributed by atoms with Crippen LogP contribution in [0.3, 0.4) is 0 Å². The number of rotatable bonds is 7. The molecule has 0 unspecified atom stereocenters. The van der Waals surface area contributed by atoms with Gasteiger partial charge in [0.25, 0.3) is 0 Å². The molecule has 1 aliphatic heterocycles. The van der Waals surface area contributed by atoms with Crippen molar-refractivity contribution >= 4 is 11.6 Å². The fourth-order valence-corrected chi connectivity index (χ4v) is 2.89. The predicted molar refractivity (Wildman–Crippen MR) is 93.8 cm³/mol. The lowest BCUT2D eigenvalue weighted by Crippen LogP contribution is -2.21. The van der Waals surface area contributed by atoms with E-state index >= 15 is 0 Å². The van der Waals surface area contributed by atoms with Crippen molar-refractivity contribution in [3.63, 3.8) is 0 Å². The minimum Gasteiger partial charge on any atom is -0.490 e. The van der Waals surface area contributed by atoms with Crippen LogP contribution < -0.4 is 9.47 Å². The standard InChI is InChI=1S/C19H22ClNO2/c20-16-8-10-17(11-9-16)23-19-7-2-1-6-18(19)22-15-5-14-21-12-3-4-13-21/h1-2,6-11H,3-5,12-15H2. The maximum absolute atomic E-state index is 5.92. The lowest BCUT2D eigenvalue weighted by atomic mass is 10.3. The van der Waals surface area contributed by atoms with Crippen molar-refractivity contribution < 1.29 is 9.47 Å². The zero-order valence-electron chi connectivity index (χ0n) is 13.2. The summed E-state index contributed by atoms with van der Waals surface area (Å²) in [5.74, 6) is 2.27. The Balaban J connectivity index is 1.53. The molecule has 0 amide bonds. The first kappa shape index (κ1) is 16.2. The zero-order valence-corrected chi connectivity index (χ0v) is 14.0. The highest BCUT2D eigenvalue weighted by Gasteiger charge is 2.11. The van der Waals surface area contributed by atoms with Gasteiger partial charge in [-0.05, 0) is 68.8 Å². The summed E-state index contributed by atoms with van der Waals surface area (Å²) in [5.41, 5.74) is 0. The molecule has 0 radical (unpaired) electrons. The van der Waals surface area contributed by atoms with Crippen molar-refractivity contribution in [1.82, 2.24) is 4.90 Å². The minimum absolute atomic E-state index is 0.698. The Kier molecular flexibility index (Phi) is 5.78. The number of likely N-dealkylation sites (tertiary alicyclic amines) is 1. The number of hydrogen-bond acceptors (Lipinski definition) is 3. The van der Waals surface area contributed by atoms with Crippen LogP contribution in [-0.4, -0.2) is 31.1 Å². The van der Waals surface area contributed by atoms with Crippen molar-refractivity contribution in [2.45, 2.75) is 19.3 Å². The van der Waals surface area contributed by atoms with Crippen LogP contribution in [-0.2, 0) is 0 Å². The first-order chi connectivity index (χ1) is 11.3. The van der Waals surface area contributed by atoms with Crippen LogP contribution >= 0.6 is 11.6 Å². The quantitative estimate of drug-likeness (QED) is 0.667. The summed E-state index contributed by atoms with van der Waals surface area (Å²) in [4.78, 5) is 2.50. The molecule has 3 rings (SSSR count). The highest BCUT2D eigenvalue weighted by molar-refractivity contribution is 6.30. The molecule has 3 nitrogen and oxygen atoms in total. The van der Waals surface area contributed by atoms with Crippen LogP contribution in [0.25, 0.3) is 0 Å². The van der Waals surface area contributed by atoms with Crippen molar-refractivity contribution in [1.29, 1.82) is 0 Å². The van der Waals surface area contributed by atoms with Gasteiger partial charge in [-0.2, -0.15) is 0 Å². The van der Waals surface area contributed by atoms with Gasteiger partial charge in [0.05, 0.1) is 6.61 Å². The second-order valence-electron chi connectivity index (χ2n) is 5.75. The van der Waals surface area contributed by atoms with Crippen molar-refractivity contribution in [3.05, 3.63) is 53.6 Å². The highest BCUT2D eigenvalue weighted by Crippen LogP contribution is 2.31. The largest absolute Gasteiger partial charge is 0.490 e. The van der Waals surface area contributed by atoms with Gasteiger partial charge >= 0.3 is 0 Å². The van der Waals surface area contributed by atoms with Crippen molar-refractivity contribution in [2.24, 2.45) is 0 Å². The molecule has 0 spiro atoms. The van der Waals surface area contributed by atoms with Crippen LogP contribution in [0.1, 0.15) is 19.3 Å². The molecule has 0 N–H and O–H groups in total. The zero-order chi connectivity index (χ0) is 15.9. The van der Waals surface area contributed by atoms with Gasteiger partial charge in [-0.3, -0.25) is 0 Å². The average Bonchev–Trinajstić information content (AvgIpc) is 3.08. The fraction of sp³-hybridized carbons (Fsp3) is 0.368. The fourth-order valence-electron chi connectivity index (χ4n) is 2.76. The third kappa shape index (κ3) is 4.88. The lowest BCUT2D eigenvalue weighted by Gasteiger charge is -2.15. The van der Waals surface area contributed by atoms with E-state index < -0.39 is 0 Å². The Morgan fingerprint density at radius 3 is 2.35 bits per heavy atom. The molecular weight excluding hydrogens is 310 g/mol. The van der Waals surface area contributed by atoms with Crippen molar-refractivity contribution in [3.8, 4) is 17.2 Å². The van der Waals surface area contributed by atoms with Gasteiger partial charge in [0.2, 0.25) is 0 Å². The van der Waals surface area contributed by atoms with Gasteiger partial charge in [0.15, 0.2) is 11.5 Å². The molecule has 4 heteroatoms. The van der Waals surface area contributed by atoms with E-state index in [1.165, 1.54) is 25.9 Å². The average molecular weight is 332 g/mol. The summed E-state index contributed by atoms with van der Waals surface area (Å²) >= 11 is 5.90. The molecule has 23 heavy (non-hydrogen) atoms. The lowest BCUT2D eigenvalue weighted by molar-refractivity contribution is 0.257. The topological polar surface area (TPSA) is 21.7 Å². The SMILES string of the molecule is Clc1ccc(Oc2ccccc2OCCCN2CCCC2)cc1.